The van der Waals surface area contributed by atoms with Crippen LogP contribution in [0, 0.1) is 0 Å². The van der Waals surface area contributed by atoms with Crippen LogP contribution in [0.5, 0.6) is 0 Å². The zero-order valence-electron chi connectivity index (χ0n) is 15.1. The van der Waals surface area contributed by atoms with E-state index in [9.17, 15) is 4.79 Å². The van der Waals surface area contributed by atoms with E-state index in [0.29, 0.717) is 20.8 Å². The van der Waals surface area contributed by atoms with Gasteiger partial charge >= 0.3 is 0 Å². The zero-order chi connectivity index (χ0) is 20.6. The van der Waals surface area contributed by atoms with Gasteiger partial charge in [-0.1, -0.05) is 47.5 Å². The molecule has 148 valence electrons. The van der Waals surface area contributed by atoms with Crippen LogP contribution in [0.3, 0.4) is 0 Å². The fraction of sp³-hybridized carbons (Fsp3) is 0.0476. The minimum atomic E-state index is -0.131. The molecule has 0 unspecified atom stereocenters. The normalized spacial score (nSPS) is 10.3. The zero-order valence-corrected chi connectivity index (χ0v) is 18.3. The maximum atomic E-state index is 12.2. The number of rotatable bonds is 6. The number of para-hydroxylation sites is 1. The van der Waals surface area contributed by atoms with Crippen LogP contribution in [0.1, 0.15) is 0 Å². The van der Waals surface area contributed by atoms with Gasteiger partial charge in [0.15, 0.2) is 5.11 Å². The molecule has 0 aliphatic heterocycles. The Kier molecular flexibility index (Phi) is 7.77. The molecule has 0 spiro atoms. The van der Waals surface area contributed by atoms with E-state index in [1.54, 1.807) is 18.2 Å². The van der Waals surface area contributed by atoms with Gasteiger partial charge in [0.2, 0.25) is 5.91 Å². The lowest BCUT2D eigenvalue weighted by atomic mass is 10.3. The van der Waals surface area contributed by atoms with Gasteiger partial charge in [-0.05, 0) is 60.7 Å². The Balaban J connectivity index is 1.52. The van der Waals surface area contributed by atoms with Crippen LogP contribution in [0.4, 0.5) is 17.1 Å². The quantitative estimate of drug-likeness (QED) is 0.287. The van der Waals surface area contributed by atoms with Gasteiger partial charge in [0, 0.05) is 22.0 Å². The lowest BCUT2D eigenvalue weighted by molar-refractivity contribution is -0.113. The molecule has 0 aliphatic rings. The molecular weight excluding hydrogens is 445 g/mol. The number of hydrogen-bond donors (Lipinski definition) is 3. The van der Waals surface area contributed by atoms with Crippen LogP contribution >= 0.6 is 47.2 Å². The second-order valence-electron chi connectivity index (χ2n) is 5.94. The summed E-state index contributed by atoms with van der Waals surface area (Å²) in [5, 5.41) is 10.4. The van der Waals surface area contributed by atoms with Crippen molar-refractivity contribution in [1.82, 2.24) is 0 Å². The molecule has 0 aromatic heterocycles. The van der Waals surface area contributed by atoms with Crippen molar-refractivity contribution >= 4 is 75.3 Å². The van der Waals surface area contributed by atoms with E-state index in [0.717, 1.165) is 16.3 Å². The average molecular weight is 462 g/mol. The SMILES string of the molecule is O=C(CSc1cccc(NC(=S)Nc2ccccc2)c1)Nc1ccc(Cl)c(Cl)c1. The molecule has 3 rings (SSSR count). The van der Waals surface area contributed by atoms with Crippen molar-refractivity contribution in [2.45, 2.75) is 4.90 Å². The largest absolute Gasteiger partial charge is 0.332 e. The molecule has 4 nitrogen and oxygen atoms in total. The molecule has 0 heterocycles. The number of nitrogens with one attached hydrogen (secondary N) is 3. The maximum Gasteiger partial charge on any atom is 0.234 e. The van der Waals surface area contributed by atoms with E-state index in [-0.39, 0.29) is 11.7 Å². The summed E-state index contributed by atoms with van der Waals surface area (Å²) in [7, 11) is 0. The molecule has 0 atom stereocenters. The predicted molar refractivity (Wildman–Crippen MR) is 129 cm³/mol. The molecule has 0 saturated carbocycles. The summed E-state index contributed by atoms with van der Waals surface area (Å²) in [5.74, 6) is 0.129. The number of thioether (sulfide) groups is 1. The van der Waals surface area contributed by atoms with Gasteiger partial charge in [-0.3, -0.25) is 4.79 Å². The molecule has 0 fully saturated rings. The number of carbonyl (C=O) groups excluding carboxylic acids is 1. The first-order valence-corrected chi connectivity index (χ1v) is 10.8. The maximum absolute atomic E-state index is 12.2. The Morgan fingerprint density at radius 1 is 0.793 bits per heavy atom. The highest BCUT2D eigenvalue weighted by Crippen LogP contribution is 2.26. The third-order valence-electron chi connectivity index (χ3n) is 3.70. The van der Waals surface area contributed by atoms with Gasteiger partial charge in [0.1, 0.15) is 0 Å². The van der Waals surface area contributed by atoms with Crippen LogP contribution in [0.15, 0.2) is 77.7 Å². The molecule has 3 N–H and O–H groups in total. The Morgan fingerprint density at radius 2 is 1.48 bits per heavy atom. The van der Waals surface area contributed by atoms with Gasteiger partial charge in [-0.2, -0.15) is 0 Å². The number of thiocarbonyl (C=S) groups is 1. The Hall–Kier alpha value is -2.25. The molecule has 0 radical (unpaired) electrons. The number of anilines is 3. The predicted octanol–water partition coefficient (Wildman–Crippen LogP) is 6.53. The second-order valence-corrected chi connectivity index (χ2v) is 8.21. The van der Waals surface area contributed by atoms with Crippen LogP contribution < -0.4 is 16.0 Å². The van der Waals surface area contributed by atoms with E-state index in [1.165, 1.54) is 11.8 Å². The van der Waals surface area contributed by atoms with Crippen molar-refractivity contribution in [2.24, 2.45) is 0 Å². The summed E-state index contributed by atoms with van der Waals surface area (Å²) in [4.78, 5) is 13.1. The van der Waals surface area contributed by atoms with Crippen molar-refractivity contribution in [3.8, 4) is 0 Å². The average Bonchev–Trinajstić information content (AvgIpc) is 2.70. The van der Waals surface area contributed by atoms with Gasteiger partial charge in [0.05, 0.1) is 15.8 Å². The first-order valence-electron chi connectivity index (χ1n) is 8.60. The van der Waals surface area contributed by atoms with Gasteiger partial charge in [0.25, 0.3) is 0 Å². The van der Waals surface area contributed by atoms with E-state index in [2.05, 4.69) is 16.0 Å². The van der Waals surface area contributed by atoms with Crippen LogP contribution in [-0.2, 0) is 4.79 Å². The standard InChI is InChI=1S/C21H17Cl2N3OS2/c22-18-10-9-16(12-19(18)23)24-20(27)13-29-17-8-4-7-15(11-17)26-21(28)25-14-5-2-1-3-6-14/h1-12H,13H2,(H,24,27)(H2,25,26,28). The highest BCUT2D eigenvalue weighted by Gasteiger charge is 2.07. The number of amides is 1. The third kappa shape index (κ3) is 6.94. The summed E-state index contributed by atoms with van der Waals surface area (Å²) in [5.41, 5.74) is 2.36. The van der Waals surface area contributed by atoms with E-state index < -0.39 is 0 Å². The van der Waals surface area contributed by atoms with Crippen molar-refractivity contribution < 1.29 is 4.79 Å². The minimum Gasteiger partial charge on any atom is -0.332 e. The first-order chi connectivity index (χ1) is 14.0. The summed E-state index contributed by atoms with van der Waals surface area (Å²) >= 11 is 18.6. The van der Waals surface area contributed by atoms with Crippen LogP contribution in [-0.4, -0.2) is 16.8 Å². The molecule has 0 saturated heterocycles. The van der Waals surface area contributed by atoms with E-state index >= 15 is 0 Å². The highest BCUT2D eigenvalue weighted by molar-refractivity contribution is 8.00. The van der Waals surface area contributed by atoms with Crippen LogP contribution in [0.2, 0.25) is 10.0 Å². The Bertz CT molecular complexity index is 1020. The van der Waals surface area contributed by atoms with E-state index in [1.807, 2.05) is 54.6 Å². The molecule has 0 bridgehead atoms. The van der Waals surface area contributed by atoms with Crippen LogP contribution in [0.25, 0.3) is 0 Å². The molecular formula is C21H17Cl2N3OS2. The summed E-state index contributed by atoms with van der Waals surface area (Å²) in [6, 6.07) is 22.4. The summed E-state index contributed by atoms with van der Waals surface area (Å²) in [6.07, 6.45) is 0. The number of benzene rings is 3. The molecule has 1 amide bonds. The topological polar surface area (TPSA) is 53.2 Å². The fourth-order valence-corrected chi connectivity index (χ4v) is 3.69. The number of halogens is 2. The number of hydrogen-bond acceptors (Lipinski definition) is 3. The van der Waals surface area contributed by atoms with Gasteiger partial charge < -0.3 is 16.0 Å². The first kappa shape index (κ1) is 21.5. The lowest BCUT2D eigenvalue weighted by Crippen LogP contribution is -2.19. The number of carbonyl (C=O) groups is 1. The van der Waals surface area contributed by atoms with E-state index in [4.69, 9.17) is 35.4 Å². The van der Waals surface area contributed by atoms with Gasteiger partial charge in [-0.25, -0.2) is 0 Å². The molecule has 3 aromatic rings. The van der Waals surface area contributed by atoms with Crippen molar-refractivity contribution in [2.75, 3.05) is 21.7 Å². The van der Waals surface area contributed by atoms with Crippen molar-refractivity contribution in [3.63, 3.8) is 0 Å². The summed E-state index contributed by atoms with van der Waals surface area (Å²) < 4.78 is 0. The highest BCUT2D eigenvalue weighted by atomic mass is 35.5. The summed E-state index contributed by atoms with van der Waals surface area (Å²) in [6.45, 7) is 0. The minimum absolute atomic E-state index is 0.131. The molecule has 29 heavy (non-hydrogen) atoms. The third-order valence-corrected chi connectivity index (χ3v) is 5.63. The Labute approximate surface area is 189 Å². The molecule has 8 heteroatoms. The molecule has 0 aliphatic carbocycles. The van der Waals surface area contributed by atoms with Gasteiger partial charge in [-0.15, -0.1) is 11.8 Å². The molecule has 3 aromatic carbocycles. The van der Waals surface area contributed by atoms with Crippen molar-refractivity contribution in [1.29, 1.82) is 0 Å². The van der Waals surface area contributed by atoms with Crippen molar-refractivity contribution in [3.05, 3.63) is 82.8 Å². The smallest absolute Gasteiger partial charge is 0.234 e. The Morgan fingerprint density at radius 3 is 2.24 bits per heavy atom. The second kappa shape index (κ2) is 10.5. The monoisotopic (exact) mass is 461 g/mol. The fourth-order valence-electron chi connectivity index (χ4n) is 2.40. The lowest BCUT2D eigenvalue weighted by Gasteiger charge is -2.11.